The van der Waals surface area contributed by atoms with E-state index in [1.807, 2.05) is 19.9 Å². The standard InChI is InChI=1S/C20H21N3O4/c1-13(2)27-18-8-6-15(12-21)11-17(18)23-20(26)22-16-5-3-4-14(10-16)7-9-19(24)25/h3-6,8,10-11,13H,7,9H2,1-2H3,(H,24,25)(H2,22,23,26). The number of aryl methyl sites for hydroxylation is 1. The Bertz CT molecular complexity index is 872. The van der Waals surface area contributed by atoms with Crippen LogP contribution in [0.25, 0.3) is 0 Å². The molecule has 0 radical (unpaired) electrons. The number of carboxylic acid groups (broad SMARTS) is 1. The van der Waals surface area contributed by atoms with E-state index >= 15 is 0 Å². The summed E-state index contributed by atoms with van der Waals surface area (Å²) >= 11 is 0. The molecule has 2 rings (SSSR count). The number of amides is 2. The number of nitrogens with zero attached hydrogens (tertiary/aromatic N) is 1. The van der Waals surface area contributed by atoms with E-state index in [9.17, 15) is 9.59 Å². The van der Waals surface area contributed by atoms with Gasteiger partial charge in [0.2, 0.25) is 0 Å². The molecule has 7 nitrogen and oxygen atoms in total. The van der Waals surface area contributed by atoms with Crippen LogP contribution in [-0.4, -0.2) is 23.2 Å². The Morgan fingerprint density at radius 3 is 2.63 bits per heavy atom. The summed E-state index contributed by atoms with van der Waals surface area (Å²) in [4.78, 5) is 23.0. The average molecular weight is 367 g/mol. The highest BCUT2D eigenvalue weighted by molar-refractivity contribution is 6.00. The second-order valence-corrected chi connectivity index (χ2v) is 6.16. The monoisotopic (exact) mass is 367 g/mol. The van der Waals surface area contributed by atoms with Crippen molar-refractivity contribution in [3.05, 3.63) is 53.6 Å². The predicted molar refractivity (Wildman–Crippen MR) is 102 cm³/mol. The van der Waals surface area contributed by atoms with Crippen LogP contribution in [0.3, 0.4) is 0 Å². The number of nitriles is 1. The van der Waals surface area contributed by atoms with Crippen molar-refractivity contribution < 1.29 is 19.4 Å². The Morgan fingerprint density at radius 2 is 1.96 bits per heavy atom. The second kappa shape index (κ2) is 9.25. The van der Waals surface area contributed by atoms with Gasteiger partial charge in [0.15, 0.2) is 0 Å². The number of anilines is 2. The summed E-state index contributed by atoms with van der Waals surface area (Å²) in [5, 5.41) is 23.2. The molecule has 0 fully saturated rings. The summed E-state index contributed by atoms with van der Waals surface area (Å²) < 4.78 is 5.66. The summed E-state index contributed by atoms with van der Waals surface area (Å²) in [6, 6.07) is 13.3. The van der Waals surface area contributed by atoms with Gasteiger partial charge < -0.3 is 20.5 Å². The molecule has 0 saturated carbocycles. The van der Waals surface area contributed by atoms with Crippen molar-refractivity contribution in [1.29, 1.82) is 5.26 Å². The first-order valence-electron chi connectivity index (χ1n) is 8.47. The van der Waals surface area contributed by atoms with E-state index in [1.165, 1.54) is 0 Å². The largest absolute Gasteiger partial charge is 0.489 e. The second-order valence-electron chi connectivity index (χ2n) is 6.16. The summed E-state index contributed by atoms with van der Waals surface area (Å²) in [7, 11) is 0. The number of aliphatic carboxylic acids is 1. The Hall–Kier alpha value is -3.53. The molecule has 0 atom stereocenters. The number of carbonyl (C=O) groups is 2. The molecule has 7 heteroatoms. The quantitative estimate of drug-likeness (QED) is 0.685. The van der Waals surface area contributed by atoms with Gasteiger partial charge in [-0.05, 0) is 56.2 Å². The molecule has 2 aromatic rings. The molecule has 0 heterocycles. The molecule has 2 aromatic carbocycles. The zero-order valence-electron chi connectivity index (χ0n) is 15.2. The topological polar surface area (TPSA) is 111 Å². The van der Waals surface area contributed by atoms with E-state index < -0.39 is 12.0 Å². The fraction of sp³-hybridized carbons (Fsp3) is 0.250. The third-order valence-electron chi connectivity index (χ3n) is 3.53. The lowest BCUT2D eigenvalue weighted by Crippen LogP contribution is -2.20. The third kappa shape index (κ3) is 6.36. The molecular formula is C20H21N3O4. The van der Waals surface area contributed by atoms with Gasteiger partial charge in [-0.3, -0.25) is 4.79 Å². The van der Waals surface area contributed by atoms with Crippen LogP contribution in [0.15, 0.2) is 42.5 Å². The highest BCUT2D eigenvalue weighted by Gasteiger charge is 2.11. The van der Waals surface area contributed by atoms with Crippen LogP contribution in [0.2, 0.25) is 0 Å². The number of carboxylic acids is 1. The van der Waals surface area contributed by atoms with Gasteiger partial charge in [0, 0.05) is 12.1 Å². The maximum absolute atomic E-state index is 12.3. The van der Waals surface area contributed by atoms with Gasteiger partial charge in [-0.1, -0.05) is 12.1 Å². The van der Waals surface area contributed by atoms with E-state index in [4.69, 9.17) is 15.1 Å². The van der Waals surface area contributed by atoms with Crippen LogP contribution < -0.4 is 15.4 Å². The van der Waals surface area contributed by atoms with Crippen molar-refractivity contribution in [3.63, 3.8) is 0 Å². The number of hydrogen-bond donors (Lipinski definition) is 3. The number of urea groups is 1. The molecule has 140 valence electrons. The molecule has 0 unspecified atom stereocenters. The van der Waals surface area contributed by atoms with Crippen molar-refractivity contribution in [2.24, 2.45) is 0 Å². The van der Waals surface area contributed by atoms with Gasteiger partial charge in [-0.25, -0.2) is 4.79 Å². The number of carbonyl (C=O) groups excluding carboxylic acids is 1. The van der Waals surface area contributed by atoms with Gasteiger partial charge in [0.05, 0.1) is 23.4 Å². The molecule has 2 amide bonds. The predicted octanol–water partition coefficient (Wildman–Crippen LogP) is 4.01. The Morgan fingerprint density at radius 1 is 1.19 bits per heavy atom. The number of rotatable bonds is 7. The van der Waals surface area contributed by atoms with Gasteiger partial charge in [-0.15, -0.1) is 0 Å². The van der Waals surface area contributed by atoms with Gasteiger partial charge >= 0.3 is 12.0 Å². The van der Waals surface area contributed by atoms with E-state index in [1.54, 1.807) is 42.5 Å². The highest BCUT2D eigenvalue weighted by atomic mass is 16.5. The molecule has 0 aliphatic heterocycles. The minimum absolute atomic E-state index is 0.0203. The van der Waals surface area contributed by atoms with Crippen LogP contribution >= 0.6 is 0 Å². The summed E-state index contributed by atoms with van der Waals surface area (Å²) in [5.41, 5.74) is 2.14. The minimum atomic E-state index is -0.874. The molecule has 27 heavy (non-hydrogen) atoms. The van der Waals surface area contributed by atoms with E-state index in [-0.39, 0.29) is 12.5 Å². The smallest absolute Gasteiger partial charge is 0.323 e. The van der Waals surface area contributed by atoms with Crippen LogP contribution in [0, 0.1) is 11.3 Å². The summed E-state index contributed by atoms with van der Waals surface area (Å²) in [5.74, 6) is -0.407. The van der Waals surface area contributed by atoms with Crippen molar-refractivity contribution in [1.82, 2.24) is 0 Å². The lowest BCUT2D eigenvalue weighted by Gasteiger charge is -2.15. The Labute approximate surface area is 157 Å². The van der Waals surface area contributed by atoms with E-state index in [0.717, 1.165) is 5.56 Å². The molecule has 0 aromatic heterocycles. The zero-order chi connectivity index (χ0) is 19.8. The normalized spacial score (nSPS) is 10.1. The van der Waals surface area contributed by atoms with Gasteiger partial charge in [0.1, 0.15) is 5.75 Å². The van der Waals surface area contributed by atoms with Crippen molar-refractivity contribution in [2.45, 2.75) is 32.8 Å². The lowest BCUT2D eigenvalue weighted by atomic mass is 10.1. The van der Waals surface area contributed by atoms with Crippen molar-refractivity contribution >= 4 is 23.4 Å². The maximum atomic E-state index is 12.3. The minimum Gasteiger partial charge on any atom is -0.489 e. The molecule has 0 bridgehead atoms. The molecule has 0 saturated heterocycles. The summed E-state index contributed by atoms with van der Waals surface area (Å²) in [6.45, 7) is 3.73. The fourth-order valence-corrected chi connectivity index (χ4v) is 2.39. The van der Waals surface area contributed by atoms with Gasteiger partial charge in [0.25, 0.3) is 0 Å². The van der Waals surface area contributed by atoms with E-state index in [0.29, 0.717) is 29.1 Å². The van der Waals surface area contributed by atoms with Crippen molar-refractivity contribution in [2.75, 3.05) is 10.6 Å². The van der Waals surface area contributed by atoms with Gasteiger partial charge in [-0.2, -0.15) is 5.26 Å². The highest BCUT2D eigenvalue weighted by Crippen LogP contribution is 2.27. The van der Waals surface area contributed by atoms with E-state index in [2.05, 4.69) is 10.6 Å². The first-order valence-corrected chi connectivity index (χ1v) is 8.47. The number of hydrogen-bond acceptors (Lipinski definition) is 4. The number of benzene rings is 2. The first kappa shape index (κ1) is 19.8. The first-order chi connectivity index (χ1) is 12.9. The number of nitrogens with one attached hydrogen (secondary N) is 2. The Kier molecular flexibility index (Phi) is 6.78. The third-order valence-corrected chi connectivity index (χ3v) is 3.53. The van der Waals surface area contributed by atoms with Crippen LogP contribution in [0.4, 0.5) is 16.2 Å². The Balaban J connectivity index is 2.10. The van der Waals surface area contributed by atoms with Crippen LogP contribution in [0.5, 0.6) is 5.75 Å². The molecular weight excluding hydrogens is 346 g/mol. The maximum Gasteiger partial charge on any atom is 0.323 e. The van der Waals surface area contributed by atoms with Crippen molar-refractivity contribution in [3.8, 4) is 11.8 Å². The zero-order valence-corrected chi connectivity index (χ0v) is 15.2. The SMILES string of the molecule is CC(C)Oc1ccc(C#N)cc1NC(=O)Nc1cccc(CCC(=O)O)c1. The lowest BCUT2D eigenvalue weighted by molar-refractivity contribution is -0.136. The molecule has 3 N–H and O–H groups in total. The number of ether oxygens (including phenoxy) is 1. The fourth-order valence-electron chi connectivity index (χ4n) is 2.39. The molecule has 0 aliphatic rings. The molecule has 0 spiro atoms. The molecule has 0 aliphatic carbocycles. The summed E-state index contributed by atoms with van der Waals surface area (Å²) in [6.07, 6.45) is 0.308. The average Bonchev–Trinajstić information content (AvgIpc) is 2.61. The van der Waals surface area contributed by atoms with Crippen LogP contribution in [0.1, 0.15) is 31.4 Å². The van der Waals surface area contributed by atoms with Crippen LogP contribution in [-0.2, 0) is 11.2 Å².